The molecule has 5 nitrogen and oxygen atoms in total. The van der Waals surface area contributed by atoms with Gasteiger partial charge in [0.25, 0.3) is 0 Å². The van der Waals surface area contributed by atoms with E-state index in [1.807, 2.05) is 7.05 Å². The number of allylic oxidation sites excluding steroid dienone is 1. The third kappa shape index (κ3) is 4.27. The van der Waals surface area contributed by atoms with Crippen LogP contribution in [0, 0.1) is 0 Å². The number of halogens is 1. The van der Waals surface area contributed by atoms with Crippen molar-refractivity contribution in [3.8, 4) is 0 Å². The van der Waals surface area contributed by atoms with Crippen LogP contribution in [-0.2, 0) is 0 Å². The van der Waals surface area contributed by atoms with Crippen molar-refractivity contribution in [1.29, 1.82) is 0 Å². The van der Waals surface area contributed by atoms with Gasteiger partial charge in [-0.1, -0.05) is 13.0 Å². The molecule has 0 saturated carbocycles. The Morgan fingerprint density at radius 3 is 2.86 bits per heavy atom. The van der Waals surface area contributed by atoms with Crippen molar-refractivity contribution in [2.24, 2.45) is 4.99 Å². The number of amidine groups is 1. The number of hydrogen-bond donors (Lipinski definition) is 1. The van der Waals surface area contributed by atoms with Crippen LogP contribution in [0.3, 0.4) is 0 Å². The Kier molecular flexibility index (Phi) is 5.73. The van der Waals surface area contributed by atoms with Crippen LogP contribution in [0.2, 0.25) is 0 Å². The van der Waals surface area contributed by atoms with Crippen molar-refractivity contribution in [2.45, 2.75) is 32.7 Å². The zero-order valence-corrected chi connectivity index (χ0v) is 14.4. The smallest absolute Gasteiger partial charge is 0.222 e. The average molecular weight is 352 g/mol. The summed E-state index contributed by atoms with van der Waals surface area (Å²) in [4.78, 5) is 15.3. The molecule has 1 fully saturated rings. The van der Waals surface area contributed by atoms with Crippen molar-refractivity contribution in [1.82, 2.24) is 14.9 Å². The highest BCUT2D eigenvalue weighted by molar-refractivity contribution is 9.10. The van der Waals surface area contributed by atoms with Gasteiger partial charge in [0.2, 0.25) is 5.95 Å². The summed E-state index contributed by atoms with van der Waals surface area (Å²) < 4.78 is 0.891. The molecule has 1 aliphatic heterocycles. The van der Waals surface area contributed by atoms with Gasteiger partial charge in [-0.25, -0.2) is 9.97 Å². The molecule has 0 unspecified atom stereocenters. The van der Waals surface area contributed by atoms with E-state index in [0.29, 0.717) is 12.0 Å². The van der Waals surface area contributed by atoms with Crippen molar-refractivity contribution in [2.75, 3.05) is 25.5 Å². The molecule has 1 atom stereocenters. The number of hydrogen-bond acceptors (Lipinski definition) is 4. The van der Waals surface area contributed by atoms with Crippen molar-refractivity contribution in [3.63, 3.8) is 0 Å². The second-order valence-electron chi connectivity index (χ2n) is 5.14. The normalized spacial score (nSPS) is 20.0. The van der Waals surface area contributed by atoms with Crippen molar-refractivity contribution in [3.05, 3.63) is 28.5 Å². The van der Waals surface area contributed by atoms with Gasteiger partial charge in [0.05, 0.1) is 4.47 Å². The minimum atomic E-state index is 0.359. The average Bonchev–Trinajstić information content (AvgIpc) is 2.91. The molecule has 1 aromatic rings. The van der Waals surface area contributed by atoms with Gasteiger partial charge in [0.15, 0.2) is 0 Å². The summed E-state index contributed by atoms with van der Waals surface area (Å²) in [7, 11) is 1.86. The molecule has 1 saturated heterocycles. The fourth-order valence-corrected chi connectivity index (χ4v) is 2.81. The zero-order chi connectivity index (χ0) is 15.2. The Morgan fingerprint density at radius 1 is 1.52 bits per heavy atom. The van der Waals surface area contributed by atoms with Crippen LogP contribution in [0.1, 0.15) is 26.7 Å². The van der Waals surface area contributed by atoms with Gasteiger partial charge in [-0.2, -0.15) is 0 Å². The lowest BCUT2D eigenvalue weighted by molar-refractivity contribution is 0.512. The first-order chi connectivity index (χ1) is 10.1. The Hall–Kier alpha value is -1.43. The summed E-state index contributed by atoms with van der Waals surface area (Å²) in [5.41, 5.74) is 1.25. The highest BCUT2D eigenvalue weighted by Crippen LogP contribution is 2.17. The van der Waals surface area contributed by atoms with Gasteiger partial charge in [0.1, 0.15) is 5.84 Å². The summed E-state index contributed by atoms with van der Waals surface area (Å²) >= 11 is 3.34. The molecule has 2 rings (SSSR count). The van der Waals surface area contributed by atoms with Crippen LogP contribution in [0.4, 0.5) is 5.95 Å². The third-order valence-electron chi connectivity index (χ3n) is 3.52. The second-order valence-corrected chi connectivity index (χ2v) is 6.06. The molecule has 21 heavy (non-hydrogen) atoms. The number of aromatic nitrogens is 2. The number of nitrogens with zero attached hydrogens (tertiary/aromatic N) is 4. The molecule has 0 spiro atoms. The maximum Gasteiger partial charge on any atom is 0.222 e. The lowest BCUT2D eigenvalue weighted by Gasteiger charge is -2.21. The SMILES string of the molecule is CC/C=C(C)/C(=N\C)N1CC[C@@H](Nc2ncc(Br)cn2)C1. The molecule has 0 amide bonds. The fourth-order valence-electron chi connectivity index (χ4n) is 2.60. The van der Waals surface area contributed by atoms with Gasteiger partial charge in [-0.05, 0) is 41.3 Å². The first kappa shape index (κ1) is 15.9. The second kappa shape index (κ2) is 7.54. The monoisotopic (exact) mass is 351 g/mol. The van der Waals surface area contributed by atoms with E-state index in [1.165, 1.54) is 5.57 Å². The van der Waals surface area contributed by atoms with E-state index in [-0.39, 0.29) is 0 Å². The third-order valence-corrected chi connectivity index (χ3v) is 3.93. The van der Waals surface area contributed by atoms with E-state index in [2.05, 4.69) is 61.0 Å². The Morgan fingerprint density at radius 2 is 2.24 bits per heavy atom. The Bertz CT molecular complexity index is 523. The quantitative estimate of drug-likeness (QED) is 0.668. The van der Waals surface area contributed by atoms with Gasteiger partial charge in [-0.15, -0.1) is 0 Å². The van der Waals surface area contributed by atoms with Crippen molar-refractivity contribution >= 4 is 27.7 Å². The minimum absolute atomic E-state index is 0.359. The van der Waals surface area contributed by atoms with Crippen LogP contribution in [0.5, 0.6) is 0 Å². The first-order valence-corrected chi connectivity index (χ1v) is 8.06. The predicted molar refractivity (Wildman–Crippen MR) is 90.7 cm³/mol. The molecule has 6 heteroatoms. The van der Waals surface area contributed by atoms with Crippen LogP contribution >= 0.6 is 15.9 Å². The number of likely N-dealkylation sites (tertiary alicyclic amines) is 1. The molecule has 0 aromatic carbocycles. The largest absolute Gasteiger partial charge is 0.355 e. The summed E-state index contributed by atoms with van der Waals surface area (Å²) in [5, 5.41) is 3.39. The summed E-state index contributed by atoms with van der Waals surface area (Å²) in [5.74, 6) is 1.78. The number of aliphatic imine (C=N–C) groups is 1. The predicted octanol–water partition coefficient (Wildman–Crippen LogP) is 3.11. The molecule has 0 aliphatic carbocycles. The number of rotatable bonds is 4. The van der Waals surface area contributed by atoms with Crippen LogP contribution in [-0.4, -0.2) is 46.9 Å². The molecule has 0 radical (unpaired) electrons. The Balaban J connectivity index is 1.96. The molecule has 1 aromatic heterocycles. The maximum atomic E-state index is 4.45. The molecule has 2 heterocycles. The van der Waals surface area contributed by atoms with Crippen LogP contribution in [0.25, 0.3) is 0 Å². The van der Waals surface area contributed by atoms with Gasteiger partial charge >= 0.3 is 0 Å². The molecular weight excluding hydrogens is 330 g/mol. The molecule has 0 bridgehead atoms. The number of nitrogens with one attached hydrogen (secondary N) is 1. The van der Waals surface area contributed by atoms with E-state index >= 15 is 0 Å². The van der Waals surface area contributed by atoms with E-state index in [0.717, 1.165) is 36.2 Å². The van der Waals surface area contributed by atoms with Crippen LogP contribution in [0.15, 0.2) is 33.5 Å². The van der Waals surface area contributed by atoms with Crippen molar-refractivity contribution < 1.29 is 0 Å². The van der Waals surface area contributed by atoms with Gasteiger partial charge in [-0.3, -0.25) is 4.99 Å². The Labute approximate surface area is 134 Å². The molecular formula is C15H22BrN5. The summed E-state index contributed by atoms with van der Waals surface area (Å²) in [6.45, 7) is 6.22. The first-order valence-electron chi connectivity index (χ1n) is 7.27. The molecule has 1 N–H and O–H groups in total. The topological polar surface area (TPSA) is 53.4 Å². The summed E-state index contributed by atoms with van der Waals surface area (Å²) in [6, 6.07) is 0.359. The number of anilines is 1. The molecule has 114 valence electrons. The lowest BCUT2D eigenvalue weighted by atomic mass is 10.2. The zero-order valence-electron chi connectivity index (χ0n) is 12.8. The fraction of sp³-hybridized carbons (Fsp3) is 0.533. The maximum absolute atomic E-state index is 4.45. The highest BCUT2D eigenvalue weighted by Gasteiger charge is 2.25. The van der Waals surface area contributed by atoms with E-state index in [1.54, 1.807) is 12.4 Å². The summed E-state index contributed by atoms with van der Waals surface area (Å²) in [6.07, 6.45) is 7.84. The van der Waals surface area contributed by atoms with E-state index in [4.69, 9.17) is 0 Å². The van der Waals surface area contributed by atoms with E-state index < -0.39 is 0 Å². The molecule has 1 aliphatic rings. The van der Waals surface area contributed by atoms with Gasteiger partial charge < -0.3 is 10.2 Å². The van der Waals surface area contributed by atoms with E-state index in [9.17, 15) is 0 Å². The standard InChI is InChI=1S/C15H22BrN5/c1-4-5-11(2)14(17-3)21-7-6-13(10-21)20-15-18-8-12(16)9-19-15/h5,8-9,13H,4,6-7,10H2,1-3H3,(H,18,19,20)/b11-5+,17-14+/t13-/m1/s1. The highest BCUT2D eigenvalue weighted by atomic mass is 79.9. The minimum Gasteiger partial charge on any atom is -0.355 e. The lowest BCUT2D eigenvalue weighted by Crippen LogP contribution is -2.32. The van der Waals surface area contributed by atoms with Gasteiger partial charge in [0, 0.05) is 38.6 Å². The van der Waals surface area contributed by atoms with Crippen LogP contribution < -0.4 is 5.32 Å².